The van der Waals surface area contributed by atoms with E-state index in [-0.39, 0.29) is 0 Å². The molecule has 4 aromatic rings. The fourth-order valence-electron chi connectivity index (χ4n) is 3.43. The maximum Gasteiger partial charge on any atom is 0.119 e. The molecule has 1 atom stereocenters. The molecule has 212 valence electrons. The maximum absolute atomic E-state index is 5.24. The van der Waals surface area contributed by atoms with Crippen molar-refractivity contribution < 1.29 is 18.9 Å². The standard InChI is InChI=1S/C17H20O2S.C10H12O.C7H8OS/c1-13(14-7-9-15(18-2)10-8-14)12-20-17-6-4-5-16(11-17)19-3;1-8(2)9-4-6-10(11-3)7-5-9;1-8-6-3-2-4-7(9)5-6/h4-11,13H,12H2,1-3H3;4-7H,1H2,2-3H3;2-5,9H,1H3. The van der Waals surface area contributed by atoms with Crippen LogP contribution in [0, 0.1) is 0 Å². The Hall–Kier alpha value is -3.48. The molecule has 0 N–H and O–H groups in total. The quantitative estimate of drug-likeness (QED) is 0.159. The fraction of sp³-hybridized carbons (Fsp3) is 0.235. The number of benzene rings is 4. The van der Waals surface area contributed by atoms with Crippen molar-refractivity contribution in [2.45, 2.75) is 29.6 Å². The molecule has 4 rings (SSSR count). The molecule has 0 saturated heterocycles. The minimum Gasteiger partial charge on any atom is -0.497 e. The summed E-state index contributed by atoms with van der Waals surface area (Å²) in [5.41, 5.74) is 3.57. The predicted molar refractivity (Wildman–Crippen MR) is 173 cm³/mol. The largest absolute Gasteiger partial charge is 0.497 e. The number of hydrogen-bond acceptors (Lipinski definition) is 6. The summed E-state index contributed by atoms with van der Waals surface area (Å²) >= 11 is 5.98. The van der Waals surface area contributed by atoms with Crippen LogP contribution in [0.2, 0.25) is 0 Å². The summed E-state index contributed by atoms with van der Waals surface area (Å²) in [6.07, 6.45) is 0. The third kappa shape index (κ3) is 11.7. The lowest BCUT2D eigenvalue weighted by molar-refractivity contribution is 0.413. The Kier molecular flexibility index (Phi) is 14.7. The zero-order valence-corrected chi connectivity index (χ0v) is 25.9. The molecule has 0 aliphatic rings. The molecule has 0 fully saturated rings. The Balaban J connectivity index is 0.000000235. The van der Waals surface area contributed by atoms with E-state index in [0.29, 0.717) is 5.92 Å². The van der Waals surface area contributed by atoms with Crippen molar-refractivity contribution in [3.05, 3.63) is 115 Å². The fourth-order valence-corrected chi connectivity index (χ4v) is 4.65. The van der Waals surface area contributed by atoms with Crippen LogP contribution in [0.3, 0.4) is 0 Å². The molecule has 0 heterocycles. The van der Waals surface area contributed by atoms with Gasteiger partial charge in [0, 0.05) is 15.5 Å². The monoisotopic (exact) mass is 576 g/mol. The van der Waals surface area contributed by atoms with Crippen LogP contribution in [0.25, 0.3) is 5.57 Å². The Morgan fingerprint density at radius 2 is 1.20 bits per heavy atom. The molecular formula is C34H40O4S2. The summed E-state index contributed by atoms with van der Waals surface area (Å²) in [5, 5.41) is 0. The Labute approximate surface area is 249 Å². The molecule has 0 saturated carbocycles. The van der Waals surface area contributed by atoms with Gasteiger partial charge in [-0.3, -0.25) is 0 Å². The Bertz CT molecular complexity index is 1290. The maximum atomic E-state index is 5.24. The first-order chi connectivity index (χ1) is 19.3. The van der Waals surface area contributed by atoms with Gasteiger partial charge in [0.15, 0.2) is 0 Å². The minimum atomic E-state index is 0.497. The van der Waals surface area contributed by atoms with Gasteiger partial charge in [-0.1, -0.05) is 55.5 Å². The average molecular weight is 577 g/mol. The van der Waals surface area contributed by atoms with Crippen molar-refractivity contribution >= 4 is 30.0 Å². The van der Waals surface area contributed by atoms with Crippen LogP contribution in [0.15, 0.2) is 113 Å². The van der Waals surface area contributed by atoms with E-state index in [9.17, 15) is 0 Å². The zero-order valence-electron chi connectivity index (χ0n) is 24.2. The highest BCUT2D eigenvalue weighted by Gasteiger charge is 2.07. The summed E-state index contributed by atoms with van der Waals surface area (Å²) in [6.45, 7) is 8.07. The van der Waals surface area contributed by atoms with Gasteiger partial charge in [0.1, 0.15) is 23.0 Å². The third-order valence-electron chi connectivity index (χ3n) is 5.86. The molecular weight excluding hydrogens is 537 g/mol. The third-order valence-corrected chi connectivity index (χ3v) is 7.39. The first-order valence-corrected chi connectivity index (χ1v) is 14.3. The predicted octanol–water partition coefficient (Wildman–Crippen LogP) is 9.31. The van der Waals surface area contributed by atoms with Crippen molar-refractivity contribution in [2.24, 2.45) is 0 Å². The number of rotatable bonds is 9. The van der Waals surface area contributed by atoms with Gasteiger partial charge in [-0.05, 0) is 84.6 Å². The molecule has 6 heteroatoms. The highest BCUT2D eigenvalue weighted by molar-refractivity contribution is 7.99. The van der Waals surface area contributed by atoms with E-state index in [0.717, 1.165) is 44.8 Å². The lowest BCUT2D eigenvalue weighted by Crippen LogP contribution is -1.97. The number of thiol groups is 1. The van der Waals surface area contributed by atoms with E-state index in [4.69, 9.17) is 18.9 Å². The van der Waals surface area contributed by atoms with Crippen molar-refractivity contribution in [1.82, 2.24) is 0 Å². The van der Waals surface area contributed by atoms with Crippen LogP contribution in [0.5, 0.6) is 23.0 Å². The Morgan fingerprint density at radius 3 is 1.68 bits per heavy atom. The van der Waals surface area contributed by atoms with E-state index in [1.165, 1.54) is 10.5 Å². The summed E-state index contributed by atoms with van der Waals surface area (Å²) in [5.74, 6) is 5.09. The molecule has 0 aromatic heterocycles. The molecule has 0 aliphatic heterocycles. The van der Waals surface area contributed by atoms with Crippen LogP contribution in [-0.2, 0) is 0 Å². The molecule has 0 spiro atoms. The number of thioether (sulfide) groups is 1. The smallest absolute Gasteiger partial charge is 0.119 e. The lowest BCUT2D eigenvalue weighted by atomic mass is 10.0. The van der Waals surface area contributed by atoms with E-state index in [2.05, 4.69) is 50.4 Å². The summed E-state index contributed by atoms with van der Waals surface area (Å²) < 4.78 is 20.4. The van der Waals surface area contributed by atoms with Gasteiger partial charge in [0.05, 0.1) is 28.4 Å². The Morgan fingerprint density at radius 1 is 0.700 bits per heavy atom. The van der Waals surface area contributed by atoms with E-state index in [1.807, 2.05) is 91.5 Å². The van der Waals surface area contributed by atoms with Gasteiger partial charge in [-0.25, -0.2) is 0 Å². The second-order valence-electron chi connectivity index (χ2n) is 8.87. The number of allylic oxidation sites excluding steroid dienone is 1. The molecule has 4 nitrogen and oxygen atoms in total. The first-order valence-electron chi connectivity index (χ1n) is 12.8. The second kappa shape index (κ2) is 18.0. The summed E-state index contributed by atoms with van der Waals surface area (Å²) in [7, 11) is 6.69. The zero-order chi connectivity index (χ0) is 29.3. The van der Waals surface area contributed by atoms with Crippen molar-refractivity contribution in [3.63, 3.8) is 0 Å². The van der Waals surface area contributed by atoms with Crippen molar-refractivity contribution in [2.75, 3.05) is 34.2 Å². The molecule has 0 bridgehead atoms. The van der Waals surface area contributed by atoms with Crippen LogP contribution >= 0.6 is 24.4 Å². The van der Waals surface area contributed by atoms with Gasteiger partial charge < -0.3 is 18.9 Å². The highest BCUT2D eigenvalue weighted by Crippen LogP contribution is 2.29. The van der Waals surface area contributed by atoms with Gasteiger partial charge in [-0.2, -0.15) is 0 Å². The second-order valence-corrected chi connectivity index (χ2v) is 10.5. The van der Waals surface area contributed by atoms with E-state index in [1.54, 1.807) is 28.4 Å². The molecule has 0 radical (unpaired) electrons. The van der Waals surface area contributed by atoms with Crippen LogP contribution in [0.1, 0.15) is 30.9 Å². The number of hydrogen-bond donors (Lipinski definition) is 1. The van der Waals surface area contributed by atoms with Gasteiger partial charge in [0.25, 0.3) is 0 Å². The van der Waals surface area contributed by atoms with Crippen LogP contribution in [-0.4, -0.2) is 34.2 Å². The summed E-state index contributed by atoms with van der Waals surface area (Å²) in [6, 6.07) is 31.9. The molecule has 4 aromatic carbocycles. The number of ether oxygens (including phenoxy) is 4. The van der Waals surface area contributed by atoms with Crippen LogP contribution in [0.4, 0.5) is 0 Å². The van der Waals surface area contributed by atoms with Crippen LogP contribution < -0.4 is 18.9 Å². The topological polar surface area (TPSA) is 36.9 Å². The SMILES string of the molecule is C=C(C)c1ccc(OC)cc1.COc1ccc(C(C)CSc2cccc(OC)c2)cc1.COc1cccc(S)c1. The van der Waals surface area contributed by atoms with E-state index >= 15 is 0 Å². The van der Waals surface area contributed by atoms with E-state index < -0.39 is 0 Å². The minimum absolute atomic E-state index is 0.497. The molecule has 0 aliphatic carbocycles. The normalized spacial score (nSPS) is 10.6. The average Bonchev–Trinajstić information content (AvgIpc) is 3.00. The molecule has 1 unspecified atom stereocenters. The molecule has 0 amide bonds. The summed E-state index contributed by atoms with van der Waals surface area (Å²) in [4.78, 5) is 2.17. The first kappa shape index (κ1) is 32.7. The van der Waals surface area contributed by atoms with Gasteiger partial charge in [-0.15, -0.1) is 24.4 Å². The lowest BCUT2D eigenvalue weighted by Gasteiger charge is -2.12. The molecule has 40 heavy (non-hydrogen) atoms. The number of methoxy groups -OCH3 is 4. The highest BCUT2D eigenvalue weighted by atomic mass is 32.2. The van der Waals surface area contributed by atoms with Crippen molar-refractivity contribution in [3.8, 4) is 23.0 Å². The van der Waals surface area contributed by atoms with Gasteiger partial charge >= 0.3 is 0 Å². The van der Waals surface area contributed by atoms with Gasteiger partial charge in [0.2, 0.25) is 0 Å². The van der Waals surface area contributed by atoms with Crippen molar-refractivity contribution in [1.29, 1.82) is 0 Å².